The van der Waals surface area contributed by atoms with Gasteiger partial charge in [0.25, 0.3) is 5.69 Å². The number of nitrogens with two attached hydrogens (primary N) is 1. The zero-order chi connectivity index (χ0) is 20.6. The minimum Gasteiger partial charge on any atom is -0.467 e. The summed E-state index contributed by atoms with van der Waals surface area (Å²) in [7, 11) is 1.25. The standard InChI is InChI=1S/C18H27N3O6/c1-4-11(2)17(18(24)27-3)20-16(23)10-15(22)14(19)9-12-5-7-13(8-6-12)21(25)26/h5-8,11,14-15,17,22H,4,9-10,19H2,1-3H3,(H,20,23)/t11?,14-,15?,17-/m0/s1. The molecule has 0 saturated carbocycles. The number of rotatable bonds is 10. The van der Waals surface area contributed by atoms with E-state index in [0.717, 1.165) is 0 Å². The molecule has 1 aromatic carbocycles. The zero-order valence-corrected chi connectivity index (χ0v) is 15.8. The van der Waals surface area contributed by atoms with Crippen molar-refractivity contribution in [3.05, 3.63) is 39.9 Å². The lowest BCUT2D eigenvalue weighted by molar-refractivity contribution is -0.384. The number of aliphatic hydroxyl groups excluding tert-OH is 1. The molecule has 0 aliphatic rings. The molecule has 0 bridgehead atoms. The number of non-ortho nitro benzene ring substituents is 1. The van der Waals surface area contributed by atoms with E-state index in [4.69, 9.17) is 10.5 Å². The van der Waals surface area contributed by atoms with Crippen LogP contribution in [0.25, 0.3) is 0 Å². The number of carbonyl (C=O) groups is 2. The average molecular weight is 381 g/mol. The summed E-state index contributed by atoms with van der Waals surface area (Å²) in [5.41, 5.74) is 6.61. The molecule has 0 fully saturated rings. The highest BCUT2D eigenvalue weighted by Gasteiger charge is 2.28. The Kier molecular flexibility index (Phi) is 8.83. The number of esters is 1. The minimum atomic E-state index is -1.13. The summed E-state index contributed by atoms with van der Waals surface area (Å²) in [5.74, 6) is -1.16. The molecule has 9 nitrogen and oxygen atoms in total. The van der Waals surface area contributed by atoms with Gasteiger partial charge in [-0.2, -0.15) is 0 Å². The molecule has 0 saturated heterocycles. The number of ether oxygens (including phenoxy) is 1. The number of carbonyl (C=O) groups excluding carboxylic acids is 2. The number of benzene rings is 1. The molecule has 4 N–H and O–H groups in total. The van der Waals surface area contributed by atoms with E-state index in [1.165, 1.54) is 19.2 Å². The van der Waals surface area contributed by atoms with E-state index in [0.29, 0.717) is 12.0 Å². The lowest BCUT2D eigenvalue weighted by Crippen LogP contribution is -2.48. The smallest absolute Gasteiger partial charge is 0.328 e. The van der Waals surface area contributed by atoms with Crippen LogP contribution in [0.1, 0.15) is 32.3 Å². The van der Waals surface area contributed by atoms with E-state index in [9.17, 15) is 24.8 Å². The number of amides is 1. The molecule has 150 valence electrons. The maximum atomic E-state index is 12.2. The second-order valence-corrected chi connectivity index (χ2v) is 6.52. The Bertz CT molecular complexity index is 649. The molecule has 9 heteroatoms. The maximum absolute atomic E-state index is 12.2. The molecule has 0 aliphatic carbocycles. The molecule has 0 radical (unpaired) electrons. The largest absolute Gasteiger partial charge is 0.467 e. The average Bonchev–Trinajstić information content (AvgIpc) is 2.65. The number of nitro groups is 1. The number of aliphatic hydroxyl groups is 1. The second kappa shape index (κ2) is 10.6. The van der Waals surface area contributed by atoms with Crippen LogP contribution in [-0.2, 0) is 20.7 Å². The summed E-state index contributed by atoms with van der Waals surface area (Å²) < 4.78 is 4.71. The Morgan fingerprint density at radius 2 is 1.93 bits per heavy atom. The fourth-order valence-corrected chi connectivity index (χ4v) is 2.53. The minimum absolute atomic E-state index is 0.0360. The van der Waals surface area contributed by atoms with Gasteiger partial charge in [-0.15, -0.1) is 0 Å². The van der Waals surface area contributed by atoms with Crippen LogP contribution >= 0.6 is 0 Å². The van der Waals surface area contributed by atoms with Crippen molar-refractivity contribution in [1.29, 1.82) is 0 Å². The normalized spacial score (nSPS) is 15.3. The summed E-state index contributed by atoms with van der Waals surface area (Å²) in [6, 6.07) is 4.30. The van der Waals surface area contributed by atoms with Crippen molar-refractivity contribution in [3.63, 3.8) is 0 Å². The van der Waals surface area contributed by atoms with Gasteiger partial charge in [0.05, 0.1) is 24.6 Å². The highest BCUT2D eigenvalue weighted by molar-refractivity contribution is 5.84. The molecule has 0 spiro atoms. The van der Waals surface area contributed by atoms with Gasteiger partial charge in [0.1, 0.15) is 6.04 Å². The van der Waals surface area contributed by atoms with Crippen LogP contribution in [0.5, 0.6) is 0 Å². The summed E-state index contributed by atoms with van der Waals surface area (Å²) in [5, 5.41) is 23.4. The molecule has 0 heterocycles. The van der Waals surface area contributed by atoms with Crippen LogP contribution in [-0.4, -0.2) is 47.2 Å². The van der Waals surface area contributed by atoms with E-state index in [1.807, 2.05) is 13.8 Å². The summed E-state index contributed by atoms with van der Waals surface area (Å²) in [6.07, 6.45) is -0.478. The first-order valence-electron chi connectivity index (χ1n) is 8.73. The first-order chi connectivity index (χ1) is 12.7. The Morgan fingerprint density at radius 1 is 1.33 bits per heavy atom. The van der Waals surface area contributed by atoms with E-state index in [2.05, 4.69) is 5.32 Å². The lowest BCUT2D eigenvalue weighted by Gasteiger charge is -2.24. The van der Waals surface area contributed by atoms with Crippen molar-refractivity contribution in [2.24, 2.45) is 11.7 Å². The number of hydrogen-bond donors (Lipinski definition) is 3. The van der Waals surface area contributed by atoms with Crippen molar-refractivity contribution < 1.29 is 24.4 Å². The van der Waals surface area contributed by atoms with Gasteiger partial charge in [0, 0.05) is 18.2 Å². The van der Waals surface area contributed by atoms with Gasteiger partial charge in [-0.05, 0) is 17.9 Å². The number of nitrogens with one attached hydrogen (secondary N) is 1. The number of hydrogen-bond acceptors (Lipinski definition) is 7. The maximum Gasteiger partial charge on any atom is 0.328 e. The Morgan fingerprint density at radius 3 is 2.41 bits per heavy atom. The number of methoxy groups -OCH3 is 1. The van der Waals surface area contributed by atoms with Crippen LogP contribution in [0.15, 0.2) is 24.3 Å². The van der Waals surface area contributed by atoms with Crippen LogP contribution in [0.2, 0.25) is 0 Å². The van der Waals surface area contributed by atoms with Gasteiger partial charge in [0.15, 0.2) is 0 Å². The second-order valence-electron chi connectivity index (χ2n) is 6.52. The first kappa shape index (κ1) is 22.5. The summed E-state index contributed by atoms with van der Waals surface area (Å²) >= 11 is 0. The fourth-order valence-electron chi connectivity index (χ4n) is 2.53. The Labute approximate surface area is 158 Å². The molecular formula is C18H27N3O6. The molecule has 1 amide bonds. The Balaban J connectivity index is 2.62. The lowest BCUT2D eigenvalue weighted by atomic mass is 9.97. The summed E-state index contributed by atoms with van der Waals surface area (Å²) in [4.78, 5) is 34.1. The van der Waals surface area contributed by atoms with Crippen molar-refractivity contribution in [3.8, 4) is 0 Å². The summed E-state index contributed by atoms with van der Waals surface area (Å²) in [6.45, 7) is 3.71. The highest BCUT2D eigenvalue weighted by atomic mass is 16.6. The van der Waals surface area contributed by atoms with E-state index in [1.54, 1.807) is 12.1 Å². The molecule has 2 unspecified atom stereocenters. The third kappa shape index (κ3) is 6.95. The predicted molar refractivity (Wildman–Crippen MR) is 98.8 cm³/mol. The molecule has 0 aliphatic heterocycles. The molecule has 1 rings (SSSR count). The quantitative estimate of drug-likeness (QED) is 0.310. The van der Waals surface area contributed by atoms with Crippen molar-refractivity contribution in [1.82, 2.24) is 5.32 Å². The van der Waals surface area contributed by atoms with Gasteiger partial charge in [-0.25, -0.2) is 4.79 Å². The van der Waals surface area contributed by atoms with Gasteiger partial charge >= 0.3 is 5.97 Å². The van der Waals surface area contributed by atoms with Gasteiger partial charge < -0.3 is 20.9 Å². The van der Waals surface area contributed by atoms with Gasteiger partial charge in [-0.3, -0.25) is 14.9 Å². The van der Waals surface area contributed by atoms with Crippen LogP contribution in [0, 0.1) is 16.0 Å². The zero-order valence-electron chi connectivity index (χ0n) is 15.8. The first-order valence-corrected chi connectivity index (χ1v) is 8.73. The predicted octanol–water partition coefficient (Wildman–Crippen LogP) is 0.920. The van der Waals surface area contributed by atoms with Crippen LogP contribution in [0.3, 0.4) is 0 Å². The van der Waals surface area contributed by atoms with Crippen molar-refractivity contribution >= 4 is 17.6 Å². The fraction of sp³-hybridized carbons (Fsp3) is 0.556. The van der Waals surface area contributed by atoms with Crippen molar-refractivity contribution in [2.75, 3.05) is 7.11 Å². The van der Waals surface area contributed by atoms with E-state index in [-0.39, 0.29) is 24.4 Å². The number of nitro benzene ring substituents is 1. The molecule has 27 heavy (non-hydrogen) atoms. The highest BCUT2D eigenvalue weighted by Crippen LogP contribution is 2.14. The monoisotopic (exact) mass is 381 g/mol. The number of nitrogens with zero attached hydrogens (tertiary/aromatic N) is 1. The van der Waals surface area contributed by atoms with Gasteiger partial charge in [0.2, 0.25) is 5.91 Å². The Hall–Kier alpha value is -2.52. The topological polar surface area (TPSA) is 145 Å². The van der Waals surface area contributed by atoms with E-state index < -0.39 is 35.0 Å². The molecule has 4 atom stereocenters. The molecule has 1 aromatic rings. The van der Waals surface area contributed by atoms with E-state index >= 15 is 0 Å². The SMILES string of the molecule is CCC(C)[C@H](NC(=O)CC(O)[C@@H](N)Cc1ccc([N+](=O)[O-])cc1)C(=O)OC. The van der Waals surface area contributed by atoms with Crippen LogP contribution < -0.4 is 11.1 Å². The van der Waals surface area contributed by atoms with Crippen LogP contribution in [0.4, 0.5) is 5.69 Å². The van der Waals surface area contributed by atoms with Crippen molar-refractivity contribution in [2.45, 2.75) is 51.3 Å². The van der Waals surface area contributed by atoms with Gasteiger partial charge in [-0.1, -0.05) is 32.4 Å². The molecular weight excluding hydrogens is 354 g/mol. The molecule has 0 aromatic heterocycles. The third-order valence-electron chi connectivity index (χ3n) is 4.49. The third-order valence-corrected chi connectivity index (χ3v) is 4.49.